The van der Waals surface area contributed by atoms with E-state index in [0.29, 0.717) is 5.92 Å². The van der Waals surface area contributed by atoms with Gasteiger partial charge in [-0.1, -0.05) is 20.3 Å². The molecule has 1 aliphatic rings. The van der Waals surface area contributed by atoms with Crippen molar-refractivity contribution in [1.29, 1.82) is 0 Å². The van der Waals surface area contributed by atoms with E-state index >= 15 is 0 Å². The molecule has 0 amide bonds. The Morgan fingerprint density at radius 3 is 2.94 bits per heavy atom. The van der Waals surface area contributed by atoms with Crippen LogP contribution in [0.4, 0.5) is 0 Å². The summed E-state index contributed by atoms with van der Waals surface area (Å²) in [5.41, 5.74) is 0. The average Bonchev–Trinajstić information content (AvgIpc) is 3.02. The summed E-state index contributed by atoms with van der Waals surface area (Å²) in [5, 5.41) is 14.6. The van der Waals surface area contributed by atoms with Gasteiger partial charge in [0.25, 0.3) is 0 Å². The summed E-state index contributed by atoms with van der Waals surface area (Å²) < 4.78 is 0. The van der Waals surface area contributed by atoms with Gasteiger partial charge in [-0.25, -0.2) is 0 Å². The van der Waals surface area contributed by atoms with Crippen molar-refractivity contribution in [3.8, 4) is 0 Å². The molecule has 0 aromatic carbocycles. The summed E-state index contributed by atoms with van der Waals surface area (Å²) in [6.07, 6.45) is 7.46. The lowest BCUT2D eigenvalue weighted by Gasteiger charge is -2.03. The molecule has 1 heterocycles. The van der Waals surface area contributed by atoms with Crippen molar-refractivity contribution in [3.05, 3.63) is 10.0 Å². The molecule has 1 aromatic rings. The SMILES string of the molecule is CCCC(C)c1nnc(CCCNC2CC2)s1. The fourth-order valence-electron chi connectivity index (χ4n) is 1.96. The van der Waals surface area contributed by atoms with E-state index in [4.69, 9.17) is 0 Å². The second-order valence-electron chi connectivity index (χ2n) is 5.06. The normalized spacial score (nSPS) is 17.3. The van der Waals surface area contributed by atoms with Gasteiger partial charge in [0.2, 0.25) is 0 Å². The number of aryl methyl sites for hydroxylation is 1. The van der Waals surface area contributed by atoms with E-state index in [0.717, 1.165) is 19.0 Å². The van der Waals surface area contributed by atoms with E-state index in [1.807, 2.05) is 0 Å². The summed E-state index contributed by atoms with van der Waals surface area (Å²) in [6, 6.07) is 0.824. The van der Waals surface area contributed by atoms with Gasteiger partial charge in [0.05, 0.1) is 0 Å². The number of hydrogen-bond acceptors (Lipinski definition) is 4. The first-order chi connectivity index (χ1) is 8.29. The van der Waals surface area contributed by atoms with Crippen LogP contribution in [0, 0.1) is 0 Å². The maximum absolute atomic E-state index is 4.31. The van der Waals surface area contributed by atoms with Crippen LogP contribution in [-0.4, -0.2) is 22.8 Å². The molecule has 96 valence electrons. The summed E-state index contributed by atoms with van der Waals surface area (Å²) in [7, 11) is 0. The number of nitrogens with one attached hydrogen (secondary N) is 1. The molecular weight excluding hydrogens is 230 g/mol. The maximum atomic E-state index is 4.31. The first-order valence-corrected chi connectivity index (χ1v) is 7.67. The zero-order valence-electron chi connectivity index (χ0n) is 10.9. The average molecular weight is 253 g/mol. The molecule has 4 heteroatoms. The van der Waals surface area contributed by atoms with Gasteiger partial charge in [0.1, 0.15) is 10.0 Å². The Morgan fingerprint density at radius 1 is 1.41 bits per heavy atom. The van der Waals surface area contributed by atoms with E-state index in [1.165, 1.54) is 42.1 Å². The van der Waals surface area contributed by atoms with Crippen molar-refractivity contribution in [2.45, 2.75) is 64.3 Å². The molecular formula is C13H23N3S. The van der Waals surface area contributed by atoms with Gasteiger partial charge in [-0.05, 0) is 32.2 Å². The summed E-state index contributed by atoms with van der Waals surface area (Å²) in [6.45, 7) is 5.61. The molecule has 1 fully saturated rings. The summed E-state index contributed by atoms with van der Waals surface area (Å²) in [5.74, 6) is 0.579. The van der Waals surface area contributed by atoms with Gasteiger partial charge < -0.3 is 5.32 Å². The van der Waals surface area contributed by atoms with E-state index in [9.17, 15) is 0 Å². The Labute approximate surface area is 108 Å². The standard InChI is InChI=1S/C13H23N3S/c1-3-5-10(2)13-16-15-12(17-13)6-4-9-14-11-7-8-11/h10-11,14H,3-9H2,1-2H3. The van der Waals surface area contributed by atoms with E-state index in [1.54, 1.807) is 11.3 Å². The number of aromatic nitrogens is 2. The van der Waals surface area contributed by atoms with Crippen LogP contribution in [0.15, 0.2) is 0 Å². The zero-order chi connectivity index (χ0) is 12.1. The molecule has 17 heavy (non-hydrogen) atoms. The number of rotatable bonds is 8. The highest BCUT2D eigenvalue weighted by Crippen LogP contribution is 2.24. The lowest BCUT2D eigenvalue weighted by molar-refractivity contribution is 0.639. The zero-order valence-corrected chi connectivity index (χ0v) is 11.7. The minimum Gasteiger partial charge on any atom is -0.314 e. The summed E-state index contributed by atoms with van der Waals surface area (Å²) >= 11 is 1.81. The highest BCUT2D eigenvalue weighted by molar-refractivity contribution is 7.11. The second-order valence-corrected chi connectivity index (χ2v) is 6.15. The van der Waals surface area contributed by atoms with E-state index in [2.05, 4.69) is 29.4 Å². The third-order valence-electron chi connectivity index (χ3n) is 3.20. The van der Waals surface area contributed by atoms with Crippen molar-refractivity contribution in [2.24, 2.45) is 0 Å². The Morgan fingerprint density at radius 2 is 2.24 bits per heavy atom. The van der Waals surface area contributed by atoms with Gasteiger partial charge in [-0.15, -0.1) is 21.5 Å². The Balaban J connectivity index is 1.69. The lowest BCUT2D eigenvalue weighted by atomic mass is 10.1. The monoisotopic (exact) mass is 253 g/mol. The van der Waals surface area contributed by atoms with Gasteiger partial charge in [0.15, 0.2) is 0 Å². The molecule has 1 N–H and O–H groups in total. The predicted molar refractivity (Wildman–Crippen MR) is 72.6 cm³/mol. The Kier molecular flexibility index (Phi) is 4.92. The lowest BCUT2D eigenvalue weighted by Crippen LogP contribution is -2.17. The molecule has 1 saturated carbocycles. The van der Waals surface area contributed by atoms with Crippen LogP contribution >= 0.6 is 11.3 Å². The summed E-state index contributed by atoms with van der Waals surface area (Å²) in [4.78, 5) is 0. The molecule has 0 aliphatic heterocycles. The smallest absolute Gasteiger partial charge is 0.120 e. The van der Waals surface area contributed by atoms with Gasteiger partial charge >= 0.3 is 0 Å². The van der Waals surface area contributed by atoms with E-state index in [-0.39, 0.29) is 0 Å². The van der Waals surface area contributed by atoms with Crippen molar-refractivity contribution in [3.63, 3.8) is 0 Å². The van der Waals surface area contributed by atoms with Crippen LogP contribution in [0.1, 0.15) is 61.9 Å². The number of nitrogens with zero attached hydrogens (tertiary/aromatic N) is 2. The van der Waals surface area contributed by atoms with Gasteiger partial charge in [-0.3, -0.25) is 0 Å². The molecule has 0 radical (unpaired) electrons. The molecule has 1 aliphatic carbocycles. The minimum absolute atomic E-state index is 0.579. The molecule has 1 unspecified atom stereocenters. The Hall–Kier alpha value is -0.480. The first-order valence-electron chi connectivity index (χ1n) is 6.85. The third kappa shape index (κ3) is 4.36. The molecule has 1 aromatic heterocycles. The van der Waals surface area contributed by atoms with Crippen LogP contribution in [0.5, 0.6) is 0 Å². The van der Waals surface area contributed by atoms with Crippen LogP contribution in [0.3, 0.4) is 0 Å². The van der Waals surface area contributed by atoms with Crippen molar-refractivity contribution in [1.82, 2.24) is 15.5 Å². The van der Waals surface area contributed by atoms with Crippen molar-refractivity contribution < 1.29 is 0 Å². The van der Waals surface area contributed by atoms with Crippen molar-refractivity contribution in [2.75, 3.05) is 6.54 Å². The van der Waals surface area contributed by atoms with Crippen LogP contribution < -0.4 is 5.32 Å². The maximum Gasteiger partial charge on any atom is 0.120 e. The van der Waals surface area contributed by atoms with Crippen LogP contribution in [-0.2, 0) is 6.42 Å². The topological polar surface area (TPSA) is 37.8 Å². The largest absolute Gasteiger partial charge is 0.314 e. The second kappa shape index (κ2) is 6.45. The number of hydrogen-bond donors (Lipinski definition) is 1. The first kappa shape index (κ1) is 13.0. The van der Waals surface area contributed by atoms with E-state index < -0.39 is 0 Å². The predicted octanol–water partition coefficient (Wildman–Crippen LogP) is 3.13. The molecule has 2 rings (SSSR count). The molecule has 0 bridgehead atoms. The minimum atomic E-state index is 0.579. The van der Waals surface area contributed by atoms with Gasteiger partial charge in [-0.2, -0.15) is 0 Å². The van der Waals surface area contributed by atoms with Crippen molar-refractivity contribution >= 4 is 11.3 Å². The highest BCUT2D eigenvalue weighted by Gasteiger charge is 2.19. The fourth-order valence-corrected chi connectivity index (χ4v) is 2.93. The molecule has 3 nitrogen and oxygen atoms in total. The highest BCUT2D eigenvalue weighted by atomic mass is 32.1. The third-order valence-corrected chi connectivity index (χ3v) is 4.42. The van der Waals surface area contributed by atoms with Crippen LogP contribution in [0.2, 0.25) is 0 Å². The van der Waals surface area contributed by atoms with Gasteiger partial charge in [0, 0.05) is 18.4 Å². The molecule has 1 atom stereocenters. The van der Waals surface area contributed by atoms with Crippen LogP contribution in [0.25, 0.3) is 0 Å². The quantitative estimate of drug-likeness (QED) is 0.723. The Bertz CT molecular complexity index is 333. The molecule has 0 saturated heterocycles. The fraction of sp³-hybridized carbons (Fsp3) is 0.846. The molecule has 0 spiro atoms.